The molecule has 0 aliphatic carbocycles. The number of carbonyl (C=O) groups is 1. The SMILES string of the molecule is O=C(O)c1ccc(-c2ccc3cc(O)ccc3[n+]2[O-])cc1. The second-order valence-corrected chi connectivity index (χ2v) is 4.64. The summed E-state index contributed by atoms with van der Waals surface area (Å²) < 4.78 is 0.768. The number of phenols is 1. The van der Waals surface area contributed by atoms with Crippen molar-refractivity contribution in [2.75, 3.05) is 0 Å². The molecule has 0 fully saturated rings. The first-order valence-corrected chi connectivity index (χ1v) is 6.25. The molecule has 3 rings (SSSR count). The molecule has 21 heavy (non-hydrogen) atoms. The second kappa shape index (κ2) is 4.79. The molecule has 0 atom stereocenters. The van der Waals surface area contributed by atoms with Crippen LogP contribution in [-0.4, -0.2) is 16.2 Å². The molecule has 104 valence electrons. The lowest BCUT2D eigenvalue weighted by Crippen LogP contribution is -2.29. The number of fused-ring (bicyclic) bond motifs is 1. The number of carboxylic acid groups (broad SMARTS) is 1. The Morgan fingerprint density at radius 2 is 1.71 bits per heavy atom. The van der Waals surface area contributed by atoms with Crippen LogP contribution >= 0.6 is 0 Å². The first-order chi connectivity index (χ1) is 10.1. The van der Waals surface area contributed by atoms with E-state index in [9.17, 15) is 15.1 Å². The molecule has 2 N–H and O–H groups in total. The van der Waals surface area contributed by atoms with Crippen LogP contribution in [0.1, 0.15) is 10.4 Å². The molecule has 0 saturated heterocycles. The Kier molecular flexibility index (Phi) is 2.95. The number of carboxylic acids is 1. The number of hydrogen-bond donors (Lipinski definition) is 2. The van der Waals surface area contributed by atoms with Gasteiger partial charge in [0.2, 0.25) is 11.2 Å². The lowest BCUT2D eigenvalue weighted by molar-refractivity contribution is -0.565. The third kappa shape index (κ3) is 2.25. The topological polar surface area (TPSA) is 84.5 Å². The first kappa shape index (κ1) is 12.9. The van der Waals surface area contributed by atoms with Crippen LogP contribution in [0.25, 0.3) is 22.2 Å². The number of hydrogen-bond acceptors (Lipinski definition) is 3. The maximum absolute atomic E-state index is 12.4. The highest BCUT2D eigenvalue weighted by Gasteiger charge is 2.13. The molecule has 5 heteroatoms. The van der Waals surface area contributed by atoms with Gasteiger partial charge in [-0.2, -0.15) is 4.73 Å². The maximum Gasteiger partial charge on any atom is 0.335 e. The van der Waals surface area contributed by atoms with Gasteiger partial charge < -0.3 is 15.4 Å². The molecule has 0 radical (unpaired) electrons. The highest BCUT2D eigenvalue weighted by atomic mass is 16.5. The van der Waals surface area contributed by atoms with Crippen LogP contribution in [-0.2, 0) is 0 Å². The van der Waals surface area contributed by atoms with Gasteiger partial charge in [0.05, 0.1) is 10.9 Å². The Morgan fingerprint density at radius 3 is 2.38 bits per heavy atom. The van der Waals surface area contributed by atoms with Crippen LogP contribution in [0.4, 0.5) is 0 Å². The van der Waals surface area contributed by atoms with Crippen molar-refractivity contribution in [1.29, 1.82) is 0 Å². The summed E-state index contributed by atoms with van der Waals surface area (Å²) in [5, 5.41) is 31.3. The van der Waals surface area contributed by atoms with Crippen molar-refractivity contribution in [3.63, 3.8) is 0 Å². The monoisotopic (exact) mass is 281 g/mol. The summed E-state index contributed by atoms with van der Waals surface area (Å²) >= 11 is 0. The fourth-order valence-electron chi connectivity index (χ4n) is 2.22. The summed E-state index contributed by atoms with van der Waals surface area (Å²) in [5.74, 6) is -0.911. The molecular formula is C16H11NO4. The number of phenolic OH excluding ortho intramolecular Hbond substituents is 1. The number of benzene rings is 2. The molecule has 0 amide bonds. The van der Waals surface area contributed by atoms with Crippen molar-refractivity contribution in [2.45, 2.75) is 0 Å². The van der Waals surface area contributed by atoms with Crippen molar-refractivity contribution < 1.29 is 19.7 Å². The maximum atomic E-state index is 12.4. The van der Waals surface area contributed by atoms with E-state index in [0.717, 1.165) is 4.73 Å². The molecule has 0 spiro atoms. The minimum atomic E-state index is -1.01. The van der Waals surface area contributed by atoms with Gasteiger partial charge in [0, 0.05) is 17.7 Å². The van der Waals surface area contributed by atoms with E-state index in [2.05, 4.69) is 0 Å². The van der Waals surface area contributed by atoms with Gasteiger partial charge in [-0.3, -0.25) is 0 Å². The number of aromatic carboxylic acids is 1. The van der Waals surface area contributed by atoms with E-state index < -0.39 is 5.97 Å². The average molecular weight is 281 g/mol. The molecular weight excluding hydrogens is 270 g/mol. The highest BCUT2D eigenvalue weighted by Crippen LogP contribution is 2.22. The summed E-state index contributed by atoms with van der Waals surface area (Å²) in [6, 6.07) is 14.0. The molecule has 0 saturated carbocycles. The van der Waals surface area contributed by atoms with Crippen molar-refractivity contribution in [3.8, 4) is 17.0 Å². The van der Waals surface area contributed by atoms with Crippen LogP contribution in [0.15, 0.2) is 54.6 Å². The summed E-state index contributed by atoms with van der Waals surface area (Å²) in [5.41, 5.74) is 1.66. The van der Waals surface area contributed by atoms with E-state index in [1.54, 1.807) is 30.3 Å². The fraction of sp³-hybridized carbons (Fsp3) is 0. The zero-order chi connectivity index (χ0) is 15.0. The average Bonchev–Trinajstić information content (AvgIpc) is 2.47. The van der Waals surface area contributed by atoms with E-state index in [0.29, 0.717) is 22.2 Å². The zero-order valence-corrected chi connectivity index (χ0v) is 10.9. The molecule has 1 heterocycles. The Balaban J connectivity index is 2.14. The van der Waals surface area contributed by atoms with Gasteiger partial charge >= 0.3 is 5.97 Å². The standard InChI is InChI=1S/C16H11NO4/c18-13-6-8-15-12(9-13)5-7-14(17(15)21)10-1-3-11(4-2-10)16(19)20/h1-9,18H,(H,19,20). The predicted octanol–water partition coefficient (Wildman–Crippen LogP) is 2.54. The van der Waals surface area contributed by atoms with Gasteiger partial charge in [-0.25, -0.2) is 4.79 Å². The third-order valence-corrected chi connectivity index (χ3v) is 3.30. The number of nitrogens with zero attached hydrogens (tertiary/aromatic N) is 1. The highest BCUT2D eigenvalue weighted by molar-refractivity contribution is 5.88. The minimum Gasteiger partial charge on any atom is -0.618 e. The molecule has 0 aliphatic heterocycles. The largest absolute Gasteiger partial charge is 0.618 e. The first-order valence-electron chi connectivity index (χ1n) is 6.25. The quantitative estimate of drug-likeness (QED) is 0.558. The summed E-state index contributed by atoms with van der Waals surface area (Å²) in [6.45, 7) is 0. The molecule has 0 bridgehead atoms. The zero-order valence-electron chi connectivity index (χ0n) is 10.9. The van der Waals surface area contributed by atoms with E-state index in [1.807, 2.05) is 0 Å². The number of aromatic hydroxyl groups is 1. The van der Waals surface area contributed by atoms with Crippen molar-refractivity contribution in [1.82, 2.24) is 0 Å². The number of rotatable bonds is 2. The predicted molar refractivity (Wildman–Crippen MR) is 77.0 cm³/mol. The van der Waals surface area contributed by atoms with Crippen LogP contribution < -0.4 is 4.73 Å². The molecule has 5 nitrogen and oxygen atoms in total. The minimum absolute atomic E-state index is 0.0982. The number of aromatic nitrogens is 1. The van der Waals surface area contributed by atoms with Crippen LogP contribution in [0.3, 0.4) is 0 Å². The van der Waals surface area contributed by atoms with Gasteiger partial charge in [0.15, 0.2) is 0 Å². The smallest absolute Gasteiger partial charge is 0.335 e. The van der Waals surface area contributed by atoms with Gasteiger partial charge in [-0.1, -0.05) is 0 Å². The Bertz CT molecular complexity index is 841. The van der Waals surface area contributed by atoms with Crippen LogP contribution in [0.2, 0.25) is 0 Å². The summed E-state index contributed by atoms with van der Waals surface area (Å²) in [4.78, 5) is 10.8. The summed E-state index contributed by atoms with van der Waals surface area (Å²) in [6.07, 6.45) is 0. The normalized spacial score (nSPS) is 10.7. The van der Waals surface area contributed by atoms with Crippen molar-refractivity contribution in [2.24, 2.45) is 0 Å². The van der Waals surface area contributed by atoms with Gasteiger partial charge in [-0.15, -0.1) is 0 Å². The molecule has 0 aliphatic rings. The van der Waals surface area contributed by atoms with Crippen molar-refractivity contribution >= 4 is 16.9 Å². The second-order valence-electron chi connectivity index (χ2n) is 4.64. The Hall–Kier alpha value is -3.08. The Morgan fingerprint density at radius 1 is 1.00 bits per heavy atom. The molecule has 2 aromatic carbocycles. The van der Waals surface area contributed by atoms with Gasteiger partial charge in [-0.05, 0) is 42.5 Å². The summed E-state index contributed by atoms with van der Waals surface area (Å²) in [7, 11) is 0. The number of pyridine rings is 1. The van der Waals surface area contributed by atoms with Gasteiger partial charge in [0.1, 0.15) is 5.75 Å². The van der Waals surface area contributed by atoms with E-state index in [-0.39, 0.29) is 11.3 Å². The lowest BCUT2D eigenvalue weighted by Gasteiger charge is -2.08. The Labute approximate surface area is 119 Å². The molecule has 1 aromatic heterocycles. The van der Waals surface area contributed by atoms with E-state index >= 15 is 0 Å². The molecule has 0 unspecified atom stereocenters. The van der Waals surface area contributed by atoms with Crippen LogP contribution in [0, 0.1) is 5.21 Å². The van der Waals surface area contributed by atoms with E-state index in [1.165, 1.54) is 24.3 Å². The van der Waals surface area contributed by atoms with Crippen molar-refractivity contribution in [3.05, 3.63) is 65.4 Å². The fourth-order valence-corrected chi connectivity index (χ4v) is 2.22. The molecule has 3 aromatic rings. The van der Waals surface area contributed by atoms with Crippen LogP contribution in [0.5, 0.6) is 5.75 Å². The van der Waals surface area contributed by atoms with E-state index in [4.69, 9.17) is 5.11 Å². The lowest BCUT2D eigenvalue weighted by atomic mass is 10.1. The van der Waals surface area contributed by atoms with Gasteiger partial charge in [0.25, 0.3) is 0 Å². The third-order valence-electron chi connectivity index (χ3n) is 3.30.